The van der Waals surface area contributed by atoms with Crippen LogP contribution in [0.3, 0.4) is 0 Å². The first-order valence-electron chi connectivity index (χ1n) is 24.8. The molecule has 44 heteroatoms. The summed E-state index contributed by atoms with van der Waals surface area (Å²) < 4.78 is 88.2. The zero-order chi connectivity index (χ0) is 73.1. The van der Waals surface area contributed by atoms with Crippen LogP contribution >= 0.6 is 0 Å². The van der Waals surface area contributed by atoms with Gasteiger partial charge in [0.15, 0.2) is 46.0 Å². The molecule has 0 atom stereocenters. The molecule has 0 saturated heterocycles. The molecule has 0 amide bonds. The van der Waals surface area contributed by atoms with Gasteiger partial charge in [0, 0.05) is 201 Å². The molecule has 578 valence electrons. The van der Waals surface area contributed by atoms with Crippen LogP contribution in [0.1, 0.15) is 77.6 Å². The second-order valence-electron chi connectivity index (χ2n) is 14.7. The number of aliphatic imine (C=N–C) groups is 4. The number of phenols is 4. The van der Waals surface area contributed by atoms with E-state index in [0.717, 1.165) is 27.7 Å². The fourth-order valence-electron chi connectivity index (χ4n) is 4.62. The van der Waals surface area contributed by atoms with Gasteiger partial charge in [-0.2, -0.15) is 21.0 Å². The van der Waals surface area contributed by atoms with E-state index in [1.165, 1.54) is 56.1 Å². The maximum absolute atomic E-state index is 9.95. The van der Waals surface area contributed by atoms with Crippen LogP contribution in [0.15, 0.2) is 92.8 Å². The first-order chi connectivity index (χ1) is 42.9. The Morgan fingerprint density at radius 2 is 0.520 bits per heavy atom. The normalized spacial score (nSPS) is 8.64. The number of carboxylic acids is 4. The molecule has 12 N–H and O–H groups in total. The Morgan fingerprint density at radius 3 is 0.630 bits per heavy atom. The molecule has 0 aromatic heterocycles. The molecule has 0 fully saturated rings. The minimum Gasteiger partial charge on any atom is -0.659 e. The summed E-state index contributed by atoms with van der Waals surface area (Å²) in [6.45, 7) is 14.0. The second kappa shape index (κ2) is 92.4. The van der Waals surface area contributed by atoms with Crippen molar-refractivity contribution >= 4 is 48.7 Å². The van der Waals surface area contributed by atoms with Gasteiger partial charge in [0.25, 0.3) is 0 Å². The molecule has 2 radical (unpaired) electrons. The number of methoxy groups -OCH3 is 4. The largest absolute Gasteiger partial charge is 2.00 e. The molecule has 0 aliphatic carbocycles. The average molecular weight is 1860 g/mol. The molecule has 4 aromatic rings. The maximum Gasteiger partial charge on any atom is 2.00 e. The van der Waals surface area contributed by atoms with Crippen LogP contribution < -0.4 is 76.6 Å². The van der Waals surface area contributed by atoms with E-state index < -0.39 is 44.4 Å². The third-order valence-corrected chi connectivity index (χ3v) is 7.47. The molecule has 4 aromatic carbocycles. The van der Waals surface area contributed by atoms with E-state index in [-0.39, 0.29) is 155 Å². The van der Waals surface area contributed by atoms with Gasteiger partial charge in [-0.05, 0) is 76.2 Å². The predicted molar refractivity (Wildman–Crippen MR) is 317 cm³/mol. The standard InChI is InChI=1S/2C20H24N3O4.4C2H3N.4C2H4O2.2ClHO4.2Co.2Dy.4H2O/c2*1-26-17-7-3-5-15(19(17)24)13-22-11-9-21-10-12-23-14-16-6-4-8-18(27-2)20(16)25;4*1-2-3;4*1-2(3)4;2*2-1(3,4)5;;;;;;;;/h2*3-8,13-14,24-25H,9-12H2,1-2H3;4*1H3;4*1H3,(H,3,4);2*(H,2,3,4,5);;;;;4*1H2/q2*-1;;;;;;;;;;;2*+2;;;;;;/p-6. The Bertz CT molecular complexity index is 2540. The van der Waals surface area contributed by atoms with Crippen LogP contribution in [0.4, 0.5) is 0 Å². The third-order valence-electron chi connectivity index (χ3n) is 7.47. The van der Waals surface area contributed by atoms with E-state index in [2.05, 4.69) is 30.6 Å². The fourth-order valence-corrected chi connectivity index (χ4v) is 4.62. The number of benzene rings is 4. The molecule has 0 unspecified atom stereocenters. The molecular weight excluding hydrogens is 1770 g/mol. The fraction of sp³-hybridized carbons (Fsp3) is 0.357. The molecule has 38 nitrogen and oxygen atoms in total. The summed E-state index contributed by atoms with van der Waals surface area (Å²) in [5.41, 5.74) is 2.43. The summed E-state index contributed by atoms with van der Waals surface area (Å²) in [6.07, 6.45) is 6.43. The molecule has 0 aliphatic heterocycles. The molecular formula is C56H80Cl2Co2Dy2N10O28-4. The van der Waals surface area contributed by atoms with E-state index in [4.69, 9.17) is 117 Å². The van der Waals surface area contributed by atoms with Gasteiger partial charge >= 0.3 is 33.6 Å². The molecule has 0 aliphatic rings. The number of hydrogen-bond donors (Lipinski definition) is 4. The van der Waals surface area contributed by atoms with Crippen LogP contribution in [0.5, 0.6) is 46.0 Å². The smallest absolute Gasteiger partial charge is 0.659 e. The summed E-state index contributed by atoms with van der Waals surface area (Å²) in [7, 11) is -3.86. The zero-order valence-electron chi connectivity index (χ0n) is 55.4. The average Bonchev–Trinajstić information content (AvgIpc) is 0.907. The number of aliphatic carboxylic acids is 4. The maximum atomic E-state index is 9.95. The summed E-state index contributed by atoms with van der Waals surface area (Å²) in [6, 6.07) is 28.0. The number of halogens is 2. The number of carbonyl (C=O) groups excluding carboxylic acids is 4. The first kappa shape index (κ1) is 133. The number of phenolic OH excluding ortho intramolecular Hbond substituents is 4. The van der Waals surface area contributed by atoms with Crippen LogP contribution in [0.2, 0.25) is 0 Å². The second-order valence-corrected chi connectivity index (χ2v) is 16.2. The molecule has 0 saturated carbocycles. The van der Waals surface area contributed by atoms with Crippen LogP contribution in [0, 0.1) is 142 Å². The van der Waals surface area contributed by atoms with Crippen molar-refractivity contribution in [2.45, 2.75) is 55.4 Å². The Hall–Kier alpha value is -6.62. The number of rotatable bonds is 20. The van der Waals surface area contributed by atoms with E-state index in [0.29, 0.717) is 97.6 Å². The Kier molecular flexibility index (Phi) is 123. The number of carbonyl (C=O) groups is 4. The minimum absolute atomic E-state index is 0. The van der Waals surface area contributed by atoms with Gasteiger partial charge in [-0.1, -0.05) is 24.3 Å². The van der Waals surface area contributed by atoms with Crippen molar-refractivity contribution in [3.05, 3.63) is 106 Å². The van der Waals surface area contributed by atoms with Crippen molar-refractivity contribution in [3.8, 4) is 70.3 Å². The summed E-state index contributed by atoms with van der Waals surface area (Å²) in [5.74, 6) is -2.34. The number of ether oxygens (including phenoxy) is 4. The van der Waals surface area contributed by atoms with Gasteiger partial charge in [-0.15, -0.1) is 46.7 Å². The minimum atomic E-state index is -4.94. The van der Waals surface area contributed by atoms with Crippen molar-refractivity contribution in [1.29, 1.82) is 21.0 Å². The Balaban J connectivity index is -0.0000000635. The van der Waals surface area contributed by atoms with Gasteiger partial charge < -0.3 is 112 Å². The number of para-hydroxylation sites is 4. The Morgan fingerprint density at radius 1 is 0.400 bits per heavy atom. The predicted octanol–water partition coefficient (Wildman–Crippen LogP) is -9.62. The molecule has 100 heavy (non-hydrogen) atoms. The monoisotopic (exact) mass is 1860 g/mol. The number of nitriles is 4. The van der Waals surface area contributed by atoms with Gasteiger partial charge in [0.1, 0.15) is 0 Å². The van der Waals surface area contributed by atoms with E-state index in [9.17, 15) is 20.4 Å². The summed E-state index contributed by atoms with van der Waals surface area (Å²) in [4.78, 5) is 52.6. The van der Waals surface area contributed by atoms with Gasteiger partial charge in [0.2, 0.25) is 0 Å². The quantitative estimate of drug-likeness (QED) is 0.0471. The Labute approximate surface area is 664 Å². The van der Waals surface area contributed by atoms with E-state index >= 15 is 0 Å². The number of nitrogens with zero attached hydrogens (tertiary/aromatic N) is 10. The van der Waals surface area contributed by atoms with Crippen molar-refractivity contribution in [1.82, 2.24) is 0 Å². The topological polar surface area (TPSA) is 762 Å². The van der Waals surface area contributed by atoms with E-state index in [1.54, 1.807) is 122 Å². The van der Waals surface area contributed by atoms with Gasteiger partial charge in [-0.25, -0.2) is 37.3 Å². The van der Waals surface area contributed by atoms with Gasteiger partial charge in [-0.3, -0.25) is 20.0 Å². The van der Waals surface area contributed by atoms with Crippen molar-refractivity contribution in [3.63, 3.8) is 0 Å². The third kappa shape index (κ3) is 113. The first-order valence-corrected chi connectivity index (χ1v) is 27.3. The van der Waals surface area contributed by atoms with Crippen molar-refractivity contribution < 1.29 is 269 Å². The van der Waals surface area contributed by atoms with Crippen molar-refractivity contribution in [2.75, 3.05) is 80.8 Å². The van der Waals surface area contributed by atoms with Crippen LogP contribution in [-0.4, -0.2) is 172 Å². The molecule has 0 heterocycles. The van der Waals surface area contributed by atoms with Crippen LogP contribution in [-0.2, 0) is 52.7 Å². The molecule has 4 rings (SSSR count). The summed E-state index contributed by atoms with van der Waals surface area (Å²) >= 11 is 0. The van der Waals surface area contributed by atoms with Crippen molar-refractivity contribution in [2.24, 2.45) is 20.0 Å². The molecule has 0 bridgehead atoms. The van der Waals surface area contributed by atoms with E-state index in [1.807, 2.05) is 0 Å². The van der Waals surface area contributed by atoms with Gasteiger partial charge in [0.05, 0.1) is 52.7 Å². The number of carboxylic acid groups (broad SMARTS) is 4. The SMILES string of the molecule is CC#N.CC#N.CC#N.CC#N.CC(=O)[O-].CC(=O)[O-].CC(=O)[O-].CC(=O)[O-].COc1cccc(C=NCC[N-]CCN=Cc2cccc(OC)c2O)c1O.COc1cccc(C=NCC[N-]CCN=Cc2cccc(OC)c2O)c1O.O.O.O.O.[Co+2].[Co+2].[Dy].[Dy].[O-][Cl+3]([O-])([O-])[O-].[O-][Cl+3]([O-])([O-])[O-]. The molecule has 0 spiro atoms. The number of hydrogen-bond acceptors (Lipinski definition) is 32. The number of aromatic hydroxyl groups is 4. The summed E-state index contributed by atoms with van der Waals surface area (Å²) in [5, 5.41) is 113. The zero-order valence-corrected chi connectivity index (χ0v) is 63.0. The van der Waals surface area contributed by atoms with Crippen LogP contribution in [0.25, 0.3) is 10.6 Å².